The normalized spacial score (nSPS) is 12.6. The Bertz CT molecular complexity index is 401. The zero-order chi connectivity index (χ0) is 14.4. The Hall–Kier alpha value is -1.32. The van der Waals surface area contributed by atoms with Crippen LogP contribution in [0.1, 0.15) is 45.5 Å². The van der Waals surface area contributed by atoms with Gasteiger partial charge in [0.05, 0.1) is 0 Å². The summed E-state index contributed by atoms with van der Waals surface area (Å²) in [4.78, 5) is 9.18. The quantitative estimate of drug-likeness (QED) is 0.791. The van der Waals surface area contributed by atoms with Crippen molar-refractivity contribution in [3.63, 3.8) is 0 Å². The molecule has 1 unspecified atom stereocenters. The van der Waals surface area contributed by atoms with E-state index in [0.29, 0.717) is 11.8 Å². The van der Waals surface area contributed by atoms with Gasteiger partial charge in [0.2, 0.25) is 0 Å². The van der Waals surface area contributed by atoms with E-state index in [0.717, 1.165) is 42.4 Å². The lowest BCUT2D eigenvalue weighted by Crippen LogP contribution is -2.18. The Kier molecular flexibility index (Phi) is 6.06. The third kappa shape index (κ3) is 4.37. The molecule has 0 amide bonds. The van der Waals surface area contributed by atoms with Crippen LogP contribution in [0.25, 0.3) is 0 Å². The standard InChI is InChI=1S/C15H28N4/c1-7-8-13-18-14(16-6)12(5)15(19-13)17-9-11(4)10(2)3/h10-11H,7-9H2,1-6H3,(H2,16,17,18,19). The minimum absolute atomic E-state index is 0.627. The highest BCUT2D eigenvalue weighted by molar-refractivity contribution is 5.57. The number of anilines is 2. The first-order valence-corrected chi connectivity index (χ1v) is 7.28. The molecular formula is C15H28N4. The van der Waals surface area contributed by atoms with Gasteiger partial charge in [-0.3, -0.25) is 0 Å². The van der Waals surface area contributed by atoms with Crippen molar-refractivity contribution in [3.8, 4) is 0 Å². The Morgan fingerprint density at radius 3 is 2.26 bits per heavy atom. The highest BCUT2D eigenvalue weighted by Gasteiger charge is 2.12. The zero-order valence-electron chi connectivity index (χ0n) is 13.2. The van der Waals surface area contributed by atoms with E-state index in [1.165, 1.54) is 0 Å². The maximum Gasteiger partial charge on any atom is 0.134 e. The Balaban J connectivity index is 2.88. The van der Waals surface area contributed by atoms with Gasteiger partial charge in [0.25, 0.3) is 0 Å². The van der Waals surface area contributed by atoms with Crippen LogP contribution in [0, 0.1) is 18.8 Å². The van der Waals surface area contributed by atoms with Crippen molar-refractivity contribution in [2.24, 2.45) is 11.8 Å². The molecule has 2 N–H and O–H groups in total. The van der Waals surface area contributed by atoms with E-state index in [9.17, 15) is 0 Å². The summed E-state index contributed by atoms with van der Waals surface area (Å²) in [7, 11) is 1.91. The fourth-order valence-electron chi connectivity index (χ4n) is 1.81. The Labute approximate surface area is 117 Å². The first kappa shape index (κ1) is 15.7. The van der Waals surface area contributed by atoms with Gasteiger partial charge in [-0.2, -0.15) is 0 Å². The van der Waals surface area contributed by atoms with Gasteiger partial charge in [-0.15, -0.1) is 0 Å². The Morgan fingerprint density at radius 2 is 1.74 bits per heavy atom. The topological polar surface area (TPSA) is 49.8 Å². The average molecular weight is 264 g/mol. The van der Waals surface area contributed by atoms with Crippen LogP contribution in [0.15, 0.2) is 0 Å². The summed E-state index contributed by atoms with van der Waals surface area (Å²) in [5, 5.41) is 6.63. The first-order valence-electron chi connectivity index (χ1n) is 7.28. The molecule has 1 rings (SSSR count). The molecule has 0 aliphatic heterocycles. The molecule has 1 aromatic heterocycles. The number of nitrogens with zero attached hydrogens (tertiary/aromatic N) is 2. The van der Waals surface area contributed by atoms with Crippen LogP contribution in [0.4, 0.5) is 11.6 Å². The minimum atomic E-state index is 0.627. The monoisotopic (exact) mass is 264 g/mol. The van der Waals surface area contributed by atoms with Gasteiger partial charge in [-0.1, -0.05) is 27.7 Å². The SMILES string of the molecule is CCCc1nc(NC)c(C)c(NCC(C)C(C)C)n1. The van der Waals surface area contributed by atoms with E-state index in [1.807, 2.05) is 7.05 Å². The summed E-state index contributed by atoms with van der Waals surface area (Å²) in [5.41, 5.74) is 1.10. The number of aromatic nitrogens is 2. The third-order valence-electron chi connectivity index (χ3n) is 3.63. The van der Waals surface area contributed by atoms with Crippen molar-refractivity contribution in [3.05, 3.63) is 11.4 Å². The lowest BCUT2D eigenvalue weighted by Gasteiger charge is -2.19. The maximum absolute atomic E-state index is 4.64. The molecular weight excluding hydrogens is 236 g/mol. The zero-order valence-corrected chi connectivity index (χ0v) is 13.2. The summed E-state index contributed by atoms with van der Waals surface area (Å²) < 4.78 is 0. The number of hydrogen-bond acceptors (Lipinski definition) is 4. The van der Waals surface area contributed by atoms with E-state index in [2.05, 4.69) is 55.2 Å². The molecule has 1 heterocycles. The largest absolute Gasteiger partial charge is 0.373 e. The molecule has 0 spiro atoms. The van der Waals surface area contributed by atoms with Crippen LogP contribution in [0.3, 0.4) is 0 Å². The highest BCUT2D eigenvalue weighted by Crippen LogP contribution is 2.21. The fourth-order valence-corrected chi connectivity index (χ4v) is 1.81. The van der Waals surface area contributed by atoms with E-state index in [-0.39, 0.29) is 0 Å². The van der Waals surface area contributed by atoms with Crippen LogP contribution in [-0.4, -0.2) is 23.6 Å². The van der Waals surface area contributed by atoms with Gasteiger partial charge in [0.1, 0.15) is 17.5 Å². The first-order chi connectivity index (χ1) is 8.99. The minimum Gasteiger partial charge on any atom is -0.373 e. The molecule has 4 heteroatoms. The van der Waals surface area contributed by atoms with Gasteiger partial charge in [0.15, 0.2) is 0 Å². The number of hydrogen-bond donors (Lipinski definition) is 2. The third-order valence-corrected chi connectivity index (χ3v) is 3.63. The van der Waals surface area contributed by atoms with E-state index in [4.69, 9.17) is 0 Å². The second-order valence-electron chi connectivity index (χ2n) is 5.56. The molecule has 1 atom stereocenters. The van der Waals surface area contributed by atoms with Crippen molar-refractivity contribution < 1.29 is 0 Å². The summed E-state index contributed by atoms with van der Waals surface area (Å²) in [6.45, 7) is 11.9. The van der Waals surface area contributed by atoms with Crippen LogP contribution in [-0.2, 0) is 6.42 Å². The Morgan fingerprint density at radius 1 is 1.11 bits per heavy atom. The molecule has 0 saturated carbocycles. The van der Waals surface area contributed by atoms with Crippen LogP contribution >= 0.6 is 0 Å². The summed E-state index contributed by atoms with van der Waals surface area (Å²) in [6, 6.07) is 0. The van der Waals surface area contributed by atoms with E-state index < -0.39 is 0 Å². The van der Waals surface area contributed by atoms with Crippen molar-refractivity contribution in [1.29, 1.82) is 0 Å². The lowest BCUT2D eigenvalue weighted by atomic mass is 9.98. The summed E-state index contributed by atoms with van der Waals surface area (Å²) >= 11 is 0. The predicted octanol–water partition coefficient (Wildman–Crippen LogP) is 3.48. The van der Waals surface area contributed by atoms with Crippen molar-refractivity contribution in [1.82, 2.24) is 9.97 Å². The molecule has 19 heavy (non-hydrogen) atoms. The van der Waals surface area contributed by atoms with Gasteiger partial charge < -0.3 is 10.6 Å². The van der Waals surface area contributed by atoms with Crippen LogP contribution in [0.2, 0.25) is 0 Å². The molecule has 108 valence electrons. The van der Waals surface area contributed by atoms with Crippen molar-refractivity contribution in [2.75, 3.05) is 24.2 Å². The molecule has 1 aromatic rings. The maximum atomic E-state index is 4.64. The number of nitrogens with one attached hydrogen (secondary N) is 2. The van der Waals surface area contributed by atoms with Gasteiger partial charge in [-0.25, -0.2) is 9.97 Å². The second-order valence-corrected chi connectivity index (χ2v) is 5.56. The average Bonchev–Trinajstić information content (AvgIpc) is 2.38. The molecule has 4 nitrogen and oxygen atoms in total. The molecule has 0 aliphatic carbocycles. The smallest absolute Gasteiger partial charge is 0.134 e. The molecule has 0 radical (unpaired) electrons. The number of rotatable bonds is 7. The predicted molar refractivity (Wildman–Crippen MR) is 82.8 cm³/mol. The second kappa shape index (κ2) is 7.31. The van der Waals surface area contributed by atoms with Crippen LogP contribution in [0.5, 0.6) is 0 Å². The van der Waals surface area contributed by atoms with Gasteiger partial charge >= 0.3 is 0 Å². The molecule has 0 fully saturated rings. The highest BCUT2D eigenvalue weighted by atomic mass is 15.1. The van der Waals surface area contributed by atoms with E-state index in [1.54, 1.807) is 0 Å². The molecule has 0 aliphatic rings. The molecule has 0 bridgehead atoms. The van der Waals surface area contributed by atoms with E-state index >= 15 is 0 Å². The van der Waals surface area contributed by atoms with Gasteiger partial charge in [0, 0.05) is 25.6 Å². The van der Waals surface area contributed by atoms with Crippen LogP contribution < -0.4 is 10.6 Å². The lowest BCUT2D eigenvalue weighted by molar-refractivity contribution is 0.439. The number of aryl methyl sites for hydroxylation is 1. The fraction of sp³-hybridized carbons (Fsp3) is 0.733. The molecule has 0 saturated heterocycles. The van der Waals surface area contributed by atoms with Crippen molar-refractivity contribution in [2.45, 2.75) is 47.5 Å². The van der Waals surface area contributed by atoms with Crippen molar-refractivity contribution >= 4 is 11.6 Å². The summed E-state index contributed by atoms with van der Waals surface area (Å²) in [5.74, 6) is 4.11. The molecule has 0 aromatic carbocycles. The van der Waals surface area contributed by atoms with Gasteiger partial charge in [-0.05, 0) is 25.2 Å². The summed E-state index contributed by atoms with van der Waals surface area (Å²) in [6.07, 6.45) is 1.98.